The van der Waals surface area contributed by atoms with Crippen LogP contribution in [0.25, 0.3) is 0 Å². The van der Waals surface area contributed by atoms with Crippen LogP contribution in [0, 0.1) is 5.82 Å². The summed E-state index contributed by atoms with van der Waals surface area (Å²) in [5.74, 6) is -0.146. The maximum Gasteiger partial charge on any atom is 0.123 e. The summed E-state index contributed by atoms with van der Waals surface area (Å²) in [4.78, 5) is 4.80. The molecule has 2 rings (SSSR count). The molecule has 1 saturated heterocycles. The quantitative estimate of drug-likeness (QED) is 0.875. The monoisotopic (exact) mass is 251 g/mol. The first-order chi connectivity index (χ1) is 8.78. The maximum atomic E-state index is 13.1. The van der Waals surface area contributed by atoms with Crippen LogP contribution in [0.5, 0.6) is 0 Å². The van der Waals surface area contributed by atoms with Crippen LogP contribution < -0.4 is 5.73 Å². The van der Waals surface area contributed by atoms with Crippen molar-refractivity contribution in [3.8, 4) is 0 Å². The molecule has 0 spiro atoms. The first-order valence-corrected chi connectivity index (χ1v) is 6.67. The van der Waals surface area contributed by atoms with E-state index in [1.807, 2.05) is 6.07 Å². The second-order valence-electron chi connectivity index (χ2n) is 4.89. The molecule has 0 radical (unpaired) electrons. The molecule has 3 nitrogen and oxygen atoms in total. The third-order valence-electron chi connectivity index (χ3n) is 3.42. The fourth-order valence-electron chi connectivity index (χ4n) is 2.48. The first kappa shape index (κ1) is 13.5. The zero-order valence-electron chi connectivity index (χ0n) is 10.8. The van der Waals surface area contributed by atoms with E-state index in [9.17, 15) is 4.39 Å². The average Bonchev–Trinajstić information content (AvgIpc) is 2.56. The summed E-state index contributed by atoms with van der Waals surface area (Å²) in [7, 11) is 0. The van der Waals surface area contributed by atoms with E-state index in [1.54, 1.807) is 12.1 Å². The molecule has 1 fully saturated rings. The van der Waals surface area contributed by atoms with Crippen molar-refractivity contribution in [3.63, 3.8) is 0 Å². The summed E-state index contributed by atoms with van der Waals surface area (Å²) in [6, 6.07) is 6.90. The Bertz CT molecular complexity index is 370. The minimum absolute atomic E-state index is 0.146. The summed E-state index contributed by atoms with van der Waals surface area (Å²) in [6.07, 6.45) is 1.16. The van der Waals surface area contributed by atoms with Gasteiger partial charge in [-0.1, -0.05) is 12.1 Å². The Morgan fingerprint density at radius 3 is 2.67 bits per heavy atom. The standard InChI is InChI=1S/C14H22FN3/c15-14-4-1-3-13(11-14)12-18-7-2-6-17(8-5-16)9-10-18/h1,3-4,11H,2,5-10,12,16H2. The van der Waals surface area contributed by atoms with E-state index in [4.69, 9.17) is 5.73 Å². The minimum atomic E-state index is -0.146. The molecule has 100 valence electrons. The van der Waals surface area contributed by atoms with Crippen molar-refractivity contribution < 1.29 is 4.39 Å². The number of nitrogens with two attached hydrogens (primary N) is 1. The fraction of sp³-hybridized carbons (Fsp3) is 0.571. The molecule has 18 heavy (non-hydrogen) atoms. The highest BCUT2D eigenvalue weighted by Crippen LogP contribution is 2.10. The van der Waals surface area contributed by atoms with Crippen LogP contribution in [0.15, 0.2) is 24.3 Å². The van der Waals surface area contributed by atoms with E-state index in [-0.39, 0.29) is 5.82 Å². The number of rotatable bonds is 4. The van der Waals surface area contributed by atoms with Crippen LogP contribution >= 0.6 is 0 Å². The number of benzene rings is 1. The van der Waals surface area contributed by atoms with Crippen LogP contribution in [-0.2, 0) is 6.54 Å². The van der Waals surface area contributed by atoms with Crippen molar-refractivity contribution >= 4 is 0 Å². The van der Waals surface area contributed by atoms with E-state index in [0.29, 0.717) is 0 Å². The van der Waals surface area contributed by atoms with Gasteiger partial charge >= 0.3 is 0 Å². The summed E-state index contributed by atoms with van der Waals surface area (Å²) in [5, 5.41) is 0. The molecule has 0 aliphatic carbocycles. The van der Waals surface area contributed by atoms with E-state index in [2.05, 4.69) is 9.80 Å². The lowest BCUT2D eigenvalue weighted by molar-refractivity contribution is 0.254. The summed E-state index contributed by atoms with van der Waals surface area (Å²) < 4.78 is 13.1. The predicted octanol–water partition coefficient (Wildman–Crippen LogP) is 1.29. The smallest absolute Gasteiger partial charge is 0.123 e. The zero-order valence-corrected chi connectivity index (χ0v) is 10.8. The molecule has 1 aliphatic rings. The lowest BCUT2D eigenvalue weighted by atomic mass is 10.2. The van der Waals surface area contributed by atoms with Crippen LogP contribution in [0.2, 0.25) is 0 Å². The Hall–Kier alpha value is -0.970. The second kappa shape index (κ2) is 6.83. The highest BCUT2D eigenvalue weighted by molar-refractivity contribution is 5.16. The van der Waals surface area contributed by atoms with Gasteiger partial charge < -0.3 is 10.6 Å². The molecule has 0 bridgehead atoms. The maximum absolute atomic E-state index is 13.1. The largest absolute Gasteiger partial charge is 0.329 e. The number of halogens is 1. The highest BCUT2D eigenvalue weighted by Gasteiger charge is 2.14. The Kier molecular flexibility index (Phi) is 5.11. The number of hydrogen-bond donors (Lipinski definition) is 1. The normalized spacial score (nSPS) is 18.8. The zero-order chi connectivity index (χ0) is 12.8. The lowest BCUT2D eigenvalue weighted by Crippen LogP contribution is -2.33. The first-order valence-electron chi connectivity index (χ1n) is 6.67. The molecule has 1 heterocycles. The van der Waals surface area contributed by atoms with Crippen molar-refractivity contribution in [2.24, 2.45) is 5.73 Å². The average molecular weight is 251 g/mol. The predicted molar refractivity (Wildman–Crippen MR) is 71.8 cm³/mol. The van der Waals surface area contributed by atoms with Crippen molar-refractivity contribution in [2.75, 3.05) is 39.3 Å². The summed E-state index contributed by atoms with van der Waals surface area (Å²) in [6.45, 7) is 6.85. The van der Waals surface area contributed by atoms with Gasteiger partial charge in [-0.05, 0) is 37.2 Å². The molecule has 0 atom stereocenters. The van der Waals surface area contributed by atoms with Crippen LogP contribution in [0.1, 0.15) is 12.0 Å². The van der Waals surface area contributed by atoms with Crippen LogP contribution in [-0.4, -0.2) is 49.1 Å². The van der Waals surface area contributed by atoms with Gasteiger partial charge in [0.25, 0.3) is 0 Å². The van der Waals surface area contributed by atoms with E-state index < -0.39 is 0 Å². The van der Waals surface area contributed by atoms with Crippen molar-refractivity contribution in [2.45, 2.75) is 13.0 Å². The van der Waals surface area contributed by atoms with Crippen molar-refractivity contribution in [3.05, 3.63) is 35.6 Å². The summed E-state index contributed by atoms with van der Waals surface area (Å²) >= 11 is 0. The van der Waals surface area contributed by atoms with Gasteiger partial charge in [-0.2, -0.15) is 0 Å². The Morgan fingerprint density at radius 1 is 1.11 bits per heavy atom. The van der Waals surface area contributed by atoms with E-state index in [1.165, 1.54) is 6.07 Å². The van der Waals surface area contributed by atoms with E-state index >= 15 is 0 Å². The Labute approximate surface area is 108 Å². The molecule has 2 N–H and O–H groups in total. The van der Waals surface area contributed by atoms with Crippen molar-refractivity contribution in [1.82, 2.24) is 9.80 Å². The molecule has 0 amide bonds. The van der Waals surface area contributed by atoms with Crippen LogP contribution in [0.4, 0.5) is 4.39 Å². The number of nitrogens with zero attached hydrogens (tertiary/aromatic N) is 2. The van der Waals surface area contributed by atoms with Gasteiger partial charge in [-0.25, -0.2) is 4.39 Å². The van der Waals surface area contributed by atoms with Gasteiger partial charge in [0.2, 0.25) is 0 Å². The molecular weight excluding hydrogens is 229 g/mol. The van der Waals surface area contributed by atoms with Gasteiger partial charge in [-0.15, -0.1) is 0 Å². The van der Waals surface area contributed by atoms with Crippen LogP contribution in [0.3, 0.4) is 0 Å². The lowest BCUT2D eigenvalue weighted by Gasteiger charge is -2.21. The van der Waals surface area contributed by atoms with Gasteiger partial charge in [0.1, 0.15) is 5.82 Å². The van der Waals surface area contributed by atoms with Gasteiger partial charge in [0, 0.05) is 32.7 Å². The highest BCUT2D eigenvalue weighted by atomic mass is 19.1. The Morgan fingerprint density at radius 2 is 1.89 bits per heavy atom. The molecule has 1 aliphatic heterocycles. The third kappa shape index (κ3) is 4.05. The SMILES string of the molecule is NCCN1CCCN(Cc2cccc(F)c2)CC1. The molecule has 0 saturated carbocycles. The molecule has 4 heteroatoms. The summed E-state index contributed by atoms with van der Waals surface area (Å²) in [5.41, 5.74) is 6.65. The molecule has 1 aromatic carbocycles. The molecular formula is C14H22FN3. The fourth-order valence-corrected chi connectivity index (χ4v) is 2.48. The van der Waals surface area contributed by atoms with Gasteiger partial charge in [-0.3, -0.25) is 4.90 Å². The third-order valence-corrected chi connectivity index (χ3v) is 3.42. The Balaban J connectivity index is 1.87. The van der Waals surface area contributed by atoms with Gasteiger partial charge in [0.05, 0.1) is 0 Å². The minimum Gasteiger partial charge on any atom is -0.329 e. The van der Waals surface area contributed by atoms with Gasteiger partial charge in [0.15, 0.2) is 0 Å². The number of hydrogen-bond acceptors (Lipinski definition) is 3. The van der Waals surface area contributed by atoms with E-state index in [0.717, 1.165) is 57.8 Å². The molecule has 1 aromatic rings. The molecule has 0 aromatic heterocycles. The van der Waals surface area contributed by atoms with Crippen molar-refractivity contribution in [1.29, 1.82) is 0 Å². The topological polar surface area (TPSA) is 32.5 Å². The second-order valence-corrected chi connectivity index (χ2v) is 4.89. The molecule has 0 unspecified atom stereocenters.